The van der Waals surface area contributed by atoms with Crippen molar-refractivity contribution in [1.29, 1.82) is 0 Å². The molecule has 19 heavy (non-hydrogen) atoms. The molecule has 0 radical (unpaired) electrons. The van der Waals surface area contributed by atoms with E-state index in [0.29, 0.717) is 18.1 Å². The van der Waals surface area contributed by atoms with Crippen LogP contribution in [0.2, 0.25) is 0 Å². The van der Waals surface area contributed by atoms with E-state index in [4.69, 9.17) is 9.47 Å². The number of ketones is 1. The number of aryl methyl sites for hydroxylation is 1. The number of rotatable bonds is 6. The van der Waals surface area contributed by atoms with Gasteiger partial charge in [-0.25, -0.2) is 0 Å². The van der Waals surface area contributed by atoms with Crippen molar-refractivity contribution in [3.63, 3.8) is 0 Å². The van der Waals surface area contributed by atoms with Crippen LogP contribution in [0.5, 0.6) is 11.5 Å². The molecule has 3 nitrogen and oxygen atoms in total. The summed E-state index contributed by atoms with van der Waals surface area (Å²) in [6.45, 7) is 0. The first-order valence-corrected chi connectivity index (χ1v) is 6.98. The Labute approximate surface area is 114 Å². The second-order valence-electron chi connectivity index (χ2n) is 5.13. The number of carbonyl (C=O) groups excluding carboxylic acids is 1. The molecule has 1 fully saturated rings. The molecule has 0 amide bonds. The van der Waals surface area contributed by atoms with Crippen molar-refractivity contribution in [2.75, 3.05) is 14.2 Å². The largest absolute Gasteiger partial charge is 0.497 e. The molecule has 1 saturated carbocycles. The molecule has 0 bridgehead atoms. The highest BCUT2D eigenvalue weighted by Crippen LogP contribution is 2.29. The van der Waals surface area contributed by atoms with Gasteiger partial charge in [0.05, 0.1) is 14.2 Å². The fourth-order valence-electron chi connectivity index (χ4n) is 2.77. The van der Waals surface area contributed by atoms with E-state index in [-0.39, 0.29) is 0 Å². The Morgan fingerprint density at radius 1 is 1.21 bits per heavy atom. The first kappa shape index (κ1) is 13.9. The topological polar surface area (TPSA) is 35.5 Å². The van der Waals surface area contributed by atoms with Gasteiger partial charge in [-0.05, 0) is 30.9 Å². The molecule has 3 heteroatoms. The van der Waals surface area contributed by atoms with Crippen molar-refractivity contribution in [1.82, 2.24) is 0 Å². The Morgan fingerprint density at radius 2 is 1.95 bits per heavy atom. The van der Waals surface area contributed by atoms with E-state index >= 15 is 0 Å². The molecule has 0 saturated heterocycles. The Bertz CT molecular complexity index is 434. The lowest BCUT2D eigenvalue weighted by Gasteiger charge is -2.11. The molecule has 0 aliphatic heterocycles. The van der Waals surface area contributed by atoms with Crippen LogP contribution in [0.1, 0.15) is 37.7 Å². The summed E-state index contributed by atoms with van der Waals surface area (Å²) >= 11 is 0. The molecular weight excluding hydrogens is 240 g/mol. The first-order chi connectivity index (χ1) is 9.24. The smallest absolute Gasteiger partial charge is 0.136 e. The van der Waals surface area contributed by atoms with Crippen molar-refractivity contribution in [3.05, 3.63) is 23.8 Å². The van der Waals surface area contributed by atoms with Crippen LogP contribution in [0.4, 0.5) is 0 Å². The van der Waals surface area contributed by atoms with E-state index in [1.54, 1.807) is 14.2 Å². The number of hydrogen-bond donors (Lipinski definition) is 0. The van der Waals surface area contributed by atoms with E-state index in [2.05, 4.69) is 0 Å². The van der Waals surface area contributed by atoms with E-state index < -0.39 is 0 Å². The van der Waals surface area contributed by atoms with Gasteiger partial charge in [-0.15, -0.1) is 0 Å². The predicted octanol–water partition coefficient (Wildman–Crippen LogP) is 3.40. The van der Waals surface area contributed by atoms with Crippen LogP contribution in [0, 0.1) is 5.92 Å². The lowest BCUT2D eigenvalue weighted by molar-refractivity contribution is -0.122. The molecule has 0 atom stereocenters. The van der Waals surface area contributed by atoms with Gasteiger partial charge in [0.25, 0.3) is 0 Å². The molecule has 1 aromatic rings. The third-order valence-electron chi connectivity index (χ3n) is 3.95. The van der Waals surface area contributed by atoms with Crippen LogP contribution >= 0.6 is 0 Å². The maximum absolute atomic E-state index is 12.1. The van der Waals surface area contributed by atoms with Crippen LogP contribution in [0.25, 0.3) is 0 Å². The molecule has 0 spiro atoms. The van der Waals surface area contributed by atoms with Crippen LogP contribution in [-0.4, -0.2) is 20.0 Å². The van der Waals surface area contributed by atoms with Crippen LogP contribution in [0.3, 0.4) is 0 Å². The minimum Gasteiger partial charge on any atom is -0.497 e. The average Bonchev–Trinajstić information content (AvgIpc) is 2.98. The van der Waals surface area contributed by atoms with Gasteiger partial charge < -0.3 is 9.47 Å². The number of methoxy groups -OCH3 is 2. The Morgan fingerprint density at radius 3 is 2.58 bits per heavy atom. The molecule has 1 aliphatic carbocycles. The molecule has 104 valence electrons. The molecule has 0 aromatic heterocycles. The summed E-state index contributed by atoms with van der Waals surface area (Å²) < 4.78 is 10.5. The van der Waals surface area contributed by atoms with E-state index in [0.717, 1.165) is 36.3 Å². The number of benzene rings is 1. The summed E-state index contributed by atoms with van der Waals surface area (Å²) in [5.74, 6) is 2.31. The zero-order valence-electron chi connectivity index (χ0n) is 11.8. The Balaban J connectivity index is 1.96. The van der Waals surface area contributed by atoms with E-state index in [9.17, 15) is 4.79 Å². The highest BCUT2D eigenvalue weighted by Gasteiger charge is 2.22. The second kappa shape index (κ2) is 6.60. The highest BCUT2D eigenvalue weighted by molar-refractivity contribution is 5.81. The van der Waals surface area contributed by atoms with Gasteiger partial charge in [-0.1, -0.05) is 18.9 Å². The van der Waals surface area contributed by atoms with Crippen LogP contribution < -0.4 is 9.47 Å². The second-order valence-corrected chi connectivity index (χ2v) is 5.13. The number of Topliss-reactive ketones (excluding diaryl/α,β-unsaturated/α-hetero) is 1. The van der Waals surface area contributed by atoms with E-state index in [1.165, 1.54) is 12.8 Å². The van der Waals surface area contributed by atoms with E-state index in [1.807, 2.05) is 18.2 Å². The lowest BCUT2D eigenvalue weighted by Crippen LogP contribution is -2.11. The normalized spacial score (nSPS) is 15.5. The summed E-state index contributed by atoms with van der Waals surface area (Å²) in [5, 5.41) is 0. The average molecular weight is 262 g/mol. The monoisotopic (exact) mass is 262 g/mol. The molecule has 0 unspecified atom stereocenters. The number of carbonyl (C=O) groups is 1. The van der Waals surface area contributed by atoms with Gasteiger partial charge in [0.1, 0.15) is 17.3 Å². The van der Waals surface area contributed by atoms with Crippen molar-refractivity contribution in [3.8, 4) is 11.5 Å². The maximum atomic E-state index is 12.1. The quantitative estimate of drug-likeness (QED) is 0.788. The minimum atomic E-state index is 0.309. The summed E-state index contributed by atoms with van der Waals surface area (Å²) in [6.07, 6.45) is 5.96. The van der Waals surface area contributed by atoms with Crippen molar-refractivity contribution < 1.29 is 14.3 Å². The van der Waals surface area contributed by atoms with Gasteiger partial charge in [0.15, 0.2) is 0 Å². The molecule has 2 rings (SSSR count). The SMILES string of the molecule is COc1ccc(CCC(=O)C2CCCC2)c(OC)c1. The van der Waals surface area contributed by atoms with Gasteiger partial charge in [-0.3, -0.25) is 4.79 Å². The summed E-state index contributed by atoms with van der Waals surface area (Å²) in [5.41, 5.74) is 1.08. The first-order valence-electron chi connectivity index (χ1n) is 6.98. The maximum Gasteiger partial charge on any atom is 0.136 e. The Kier molecular flexibility index (Phi) is 4.83. The van der Waals surface area contributed by atoms with Crippen LogP contribution in [-0.2, 0) is 11.2 Å². The van der Waals surface area contributed by atoms with Gasteiger partial charge in [0, 0.05) is 18.4 Å². The zero-order valence-corrected chi connectivity index (χ0v) is 11.8. The lowest BCUT2D eigenvalue weighted by atomic mass is 9.96. The fourth-order valence-corrected chi connectivity index (χ4v) is 2.77. The number of hydrogen-bond acceptors (Lipinski definition) is 3. The third kappa shape index (κ3) is 3.49. The summed E-state index contributed by atoms with van der Waals surface area (Å²) in [7, 11) is 3.29. The van der Waals surface area contributed by atoms with Crippen molar-refractivity contribution in [2.45, 2.75) is 38.5 Å². The van der Waals surface area contributed by atoms with Gasteiger partial charge in [-0.2, -0.15) is 0 Å². The number of ether oxygens (including phenoxy) is 2. The summed E-state index contributed by atoms with van der Waals surface area (Å²) in [6, 6.07) is 5.77. The minimum absolute atomic E-state index is 0.309. The fraction of sp³-hybridized carbons (Fsp3) is 0.562. The molecular formula is C16H22O3. The standard InChI is InChI=1S/C16H22O3/c1-18-14-9-7-13(16(11-14)19-2)8-10-15(17)12-5-3-4-6-12/h7,9,11-12H,3-6,8,10H2,1-2H3. The summed E-state index contributed by atoms with van der Waals surface area (Å²) in [4.78, 5) is 12.1. The van der Waals surface area contributed by atoms with Gasteiger partial charge in [0.2, 0.25) is 0 Å². The van der Waals surface area contributed by atoms with Crippen LogP contribution in [0.15, 0.2) is 18.2 Å². The predicted molar refractivity (Wildman–Crippen MR) is 74.8 cm³/mol. The molecule has 0 N–H and O–H groups in total. The molecule has 1 aromatic carbocycles. The third-order valence-corrected chi connectivity index (χ3v) is 3.95. The van der Waals surface area contributed by atoms with Crippen molar-refractivity contribution >= 4 is 5.78 Å². The Hall–Kier alpha value is -1.51. The highest BCUT2D eigenvalue weighted by atomic mass is 16.5. The zero-order chi connectivity index (χ0) is 13.7. The van der Waals surface area contributed by atoms with Crippen molar-refractivity contribution in [2.24, 2.45) is 5.92 Å². The van der Waals surface area contributed by atoms with Gasteiger partial charge >= 0.3 is 0 Å². The molecule has 1 aliphatic rings. The molecule has 0 heterocycles.